The zero-order chi connectivity index (χ0) is 24.8. The van der Waals surface area contributed by atoms with E-state index in [4.69, 9.17) is 4.74 Å². The lowest BCUT2D eigenvalue weighted by Gasteiger charge is -2.17. The van der Waals surface area contributed by atoms with Gasteiger partial charge < -0.3 is 20.5 Å². The number of anilines is 1. The first-order valence-corrected chi connectivity index (χ1v) is 10.9. The molecule has 178 valence electrons. The van der Waals surface area contributed by atoms with Crippen molar-refractivity contribution in [3.8, 4) is 11.4 Å². The van der Waals surface area contributed by atoms with Gasteiger partial charge in [0.1, 0.15) is 11.8 Å². The zero-order valence-corrected chi connectivity index (χ0v) is 19.0. The van der Waals surface area contributed by atoms with Crippen molar-refractivity contribution in [2.75, 3.05) is 19.0 Å². The molecule has 0 aliphatic carbocycles. The summed E-state index contributed by atoms with van der Waals surface area (Å²) in [6, 6.07) is 21.7. The summed E-state index contributed by atoms with van der Waals surface area (Å²) in [4.78, 5) is 42.2. The van der Waals surface area contributed by atoms with E-state index in [1.807, 2.05) is 6.07 Å². The van der Waals surface area contributed by atoms with Crippen molar-refractivity contribution in [3.63, 3.8) is 0 Å². The Bertz CT molecular complexity index is 1400. The Labute approximate surface area is 201 Å². The lowest BCUT2D eigenvalue weighted by molar-refractivity contribution is -0.141. The molecule has 0 radical (unpaired) electrons. The molecule has 35 heavy (non-hydrogen) atoms. The van der Waals surface area contributed by atoms with Gasteiger partial charge in [-0.3, -0.25) is 9.59 Å². The first-order chi connectivity index (χ1) is 17.0. The number of carbonyl (C=O) groups is 2. The van der Waals surface area contributed by atoms with Gasteiger partial charge in [0, 0.05) is 6.42 Å². The van der Waals surface area contributed by atoms with E-state index < -0.39 is 17.9 Å². The zero-order valence-electron chi connectivity index (χ0n) is 19.0. The second-order valence-electron chi connectivity index (χ2n) is 7.79. The summed E-state index contributed by atoms with van der Waals surface area (Å²) < 4.78 is 6.56. The Hall–Kier alpha value is -4.66. The number of ether oxygens (including phenoxy) is 1. The fourth-order valence-electron chi connectivity index (χ4n) is 3.68. The molecule has 0 saturated carbocycles. The van der Waals surface area contributed by atoms with E-state index in [-0.39, 0.29) is 24.5 Å². The summed E-state index contributed by atoms with van der Waals surface area (Å²) in [7, 11) is 1.55. The SMILES string of the molecule is COc1ccc(-n2c(NCC(=O)N[C@@H](Cc3ccccc3)C(=O)O)nc3ccccc3c2=O)cc1. The van der Waals surface area contributed by atoms with E-state index in [2.05, 4.69) is 15.6 Å². The molecule has 1 aromatic heterocycles. The van der Waals surface area contributed by atoms with Crippen molar-refractivity contribution in [1.82, 2.24) is 14.9 Å². The van der Waals surface area contributed by atoms with Gasteiger partial charge in [0.2, 0.25) is 11.9 Å². The Balaban J connectivity index is 1.58. The smallest absolute Gasteiger partial charge is 0.326 e. The van der Waals surface area contributed by atoms with Crippen LogP contribution in [0.1, 0.15) is 5.56 Å². The third-order valence-electron chi connectivity index (χ3n) is 5.43. The van der Waals surface area contributed by atoms with E-state index in [0.29, 0.717) is 22.3 Å². The van der Waals surface area contributed by atoms with Crippen molar-refractivity contribution in [2.45, 2.75) is 12.5 Å². The molecule has 1 amide bonds. The second kappa shape index (κ2) is 10.5. The van der Waals surface area contributed by atoms with Crippen molar-refractivity contribution in [2.24, 2.45) is 0 Å². The number of hydrogen-bond acceptors (Lipinski definition) is 6. The summed E-state index contributed by atoms with van der Waals surface area (Å²) in [5.41, 5.74) is 1.48. The number of carboxylic acid groups (broad SMARTS) is 1. The maximum absolute atomic E-state index is 13.3. The first-order valence-electron chi connectivity index (χ1n) is 10.9. The van der Waals surface area contributed by atoms with Gasteiger partial charge in [-0.15, -0.1) is 0 Å². The van der Waals surface area contributed by atoms with Crippen LogP contribution in [0.2, 0.25) is 0 Å². The fourth-order valence-corrected chi connectivity index (χ4v) is 3.68. The number of carboxylic acids is 1. The number of nitrogens with one attached hydrogen (secondary N) is 2. The number of nitrogens with zero attached hydrogens (tertiary/aromatic N) is 2. The molecule has 0 spiro atoms. The van der Waals surface area contributed by atoms with Crippen LogP contribution in [0.4, 0.5) is 5.95 Å². The van der Waals surface area contributed by atoms with Gasteiger partial charge in [-0.05, 0) is 42.0 Å². The Morgan fingerprint density at radius 1 is 1.00 bits per heavy atom. The molecule has 0 unspecified atom stereocenters. The van der Waals surface area contributed by atoms with Crippen LogP contribution in [-0.2, 0) is 16.0 Å². The van der Waals surface area contributed by atoms with Crippen molar-refractivity contribution in [1.29, 1.82) is 0 Å². The van der Waals surface area contributed by atoms with Crippen LogP contribution in [0.3, 0.4) is 0 Å². The van der Waals surface area contributed by atoms with Crippen LogP contribution in [0.15, 0.2) is 83.7 Å². The average molecular weight is 473 g/mol. The first kappa shape index (κ1) is 23.5. The summed E-state index contributed by atoms with van der Waals surface area (Å²) in [6.07, 6.45) is 0.146. The van der Waals surface area contributed by atoms with E-state index in [1.165, 1.54) is 4.57 Å². The number of hydrogen-bond donors (Lipinski definition) is 3. The molecule has 0 fully saturated rings. The summed E-state index contributed by atoms with van der Waals surface area (Å²) >= 11 is 0. The minimum Gasteiger partial charge on any atom is -0.497 e. The molecule has 1 atom stereocenters. The number of rotatable bonds is 9. The highest BCUT2D eigenvalue weighted by Gasteiger charge is 2.21. The number of carbonyl (C=O) groups excluding carboxylic acids is 1. The Kier molecular flexibility index (Phi) is 7.06. The predicted octanol–water partition coefficient (Wildman–Crippen LogP) is 2.62. The molecule has 3 N–H and O–H groups in total. The van der Waals surface area contributed by atoms with Crippen molar-refractivity contribution < 1.29 is 19.4 Å². The van der Waals surface area contributed by atoms with Crippen LogP contribution in [0.5, 0.6) is 5.75 Å². The predicted molar refractivity (Wildman–Crippen MR) is 132 cm³/mol. The maximum atomic E-state index is 13.3. The number of methoxy groups -OCH3 is 1. The van der Waals surface area contributed by atoms with Gasteiger partial charge in [-0.2, -0.15) is 0 Å². The quantitative estimate of drug-likeness (QED) is 0.342. The van der Waals surface area contributed by atoms with E-state index in [0.717, 1.165) is 5.56 Å². The van der Waals surface area contributed by atoms with E-state index in [9.17, 15) is 19.5 Å². The third-order valence-corrected chi connectivity index (χ3v) is 5.43. The lowest BCUT2D eigenvalue weighted by atomic mass is 10.1. The largest absolute Gasteiger partial charge is 0.497 e. The second-order valence-corrected chi connectivity index (χ2v) is 7.79. The minimum atomic E-state index is -1.14. The summed E-state index contributed by atoms with van der Waals surface area (Å²) in [5, 5.41) is 15.4. The number of para-hydroxylation sites is 1. The van der Waals surface area contributed by atoms with Crippen LogP contribution in [0, 0.1) is 0 Å². The number of amides is 1. The van der Waals surface area contributed by atoms with Crippen LogP contribution < -0.4 is 20.9 Å². The number of benzene rings is 3. The van der Waals surface area contributed by atoms with Gasteiger partial charge in [-0.1, -0.05) is 42.5 Å². The van der Waals surface area contributed by atoms with Gasteiger partial charge >= 0.3 is 5.97 Å². The molecule has 0 bridgehead atoms. The topological polar surface area (TPSA) is 123 Å². The highest BCUT2D eigenvalue weighted by molar-refractivity contribution is 5.86. The monoisotopic (exact) mass is 472 g/mol. The molecular formula is C26H24N4O5. The van der Waals surface area contributed by atoms with Crippen LogP contribution in [-0.4, -0.2) is 46.2 Å². The molecular weight excluding hydrogens is 448 g/mol. The highest BCUT2D eigenvalue weighted by atomic mass is 16.5. The van der Waals surface area contributed by atoms with Crippen molar-refractivity contribution >= 4 is 28.7 Å². The van der Waals surface area contributed by atoms with Crippen LogP contribution >= 0.6 is 0 Å². The van der Waals surface area contributed by atoms with Crippen molar-refractivity contribution in [3.05, 3.63) is 94.8 Å². The maximum Gasteiger partial charge on any atom is 0.326 e. The third kappa shape index (κ3) is 5.47. The Morgan fingerprint density at radius 3 is 2.37 bits per heavy atom. The van der Waals surface area contributed by atoms with Gasteiger partial charge in [0.05, 0.1) is 30.2 Å². The van der Waals surface area contributed by atoms with Crippen LogP contribution in [0.25, 0.3) is 16.6 Å². The fraction of sp³-hybridized carbons (Fsp3) is 0.154. The number of aliphatic carboxylic acids is 1. The number of fused-ring (bicyclic) bond motifs is 1. The van der Waals surface area contributed by atoms with E-state index >= 15 is 0 Å². The molecule has 1 heterocycles. The van der Waals surface area contributed by atoms with E-state index in [1.54, 1.807) is 79.9 Å². The minimum absolute atomic E-state index is 0.146. The van der Waals surface area contributed by atoms with Gasteiger partial charge in [0.25, 0.3) is 5.56 Å². The highest BCUT2D eigenvalue weighted by Crippen LogP contribution is 2.19. The molecule has 9 nitrogen and oxygen atoms in total. The molecule has 3 aromatic carbocycles. The summed E-state index contributed by atoms with van der Waals surface area (Å²) in [6.45, 7) is -0.278. The Morgan fingerprint density at radius 2 is 1.69 bits per heavy atom. The lowest BCUT2D eigenvalue weighted by Crippen LogP contribution is -2.44. The number of aromatic nitrogens is 2. The molecule has 4 aromatic rings. The molecule has 0 aliphatic rings. The molecule has 0 aliphatic heterocycles. The normalized spacial score (nSPS) is 11.6. The molecule has 9 heteroatoms. The van der Waals surface area contributed by atoms with Gasteiger partial charge in [0.15, 0.2) is 0 Å². The van der Waals surface area contributed by atoms with Gasteiger partial charge in [-0.25, -0.2) is 14.3 Å². The molecule has 0 saturated heterocycles. The molecule has 4 rings (SSSR count). The summed E-state index contributed by atoms with van der Waals surface area (Å²) in [5.74, 6) is -0.898. The average Bonchev–Trinajstić information content (AvgIpc) is 2.88. The standard InChI is InChI=1S/C26H24N4O5/c1-35-19-13-11-18(12-14-19)30-24(32)20-9-5-6-10-21(20)29-26(30)27-16-23(31)28-22(25(33)34)15-17-7-3-2-4-8-17/h2-14,22H,15-16H2,1H3,(H,27,29)(H,28,31)(H,33,34)/t22-/m0/s1.